The molecule has 0 radical (unpaired) electrons. The van der Waals surface area contributed by atoms with E-state index in [-0.39, 0.29) is 12.1 Å². The SMILES string of the molecule is COc1ccccc1NC(=O)N1CCC(CNC(=O)Nc2cccc(Cl)c2)CC1. The third-order valence-electron chi connectivity index (χ3n) is 4.88. The van der Waals surface area contributed by atoms with Gasteiger partial charge in [0.25, 0.3) is 0 Å². The molecule has 1 heterocycles. The van der Waals surface area contributed by atoms with Crippen LogP contribution < -0.4 is 20.7 Å². The van der Waals surface area contributed by atoms with Crippen LogP contribution in [0.1, 0.15) is 12.8 Å². The minimum Gasteiger partial charge on any atom is -0.495 e. The molecule has 8 heteroatoms. The predicted molar refractivity (Wildman–Crippen MR) is 115 cm³/mol. The van der Waals surface area contributed by atoms with Crippen LogP contribution in [-0.4, -0.2) is 43.7 Å². The molecule has 2 aromatic carbocycles. The highest BCUT2D eigenvalue weighted by molar-refractivity contribution is 6.30. The summed E-state index contributed by atoms with van der Waals surface area (Å²) in [6.45, 7) is 1.85. The van der Waals surface area contributed by atoms with Gasteiger partial charge in [-0.05, 0) is 49.1 Å². The van der Waals surface area contributed by atoms with Crippen molar-refractivity contribution in [1.82, 2.24) is 10.2 Å². The Balaban J connectivity index is 1.41. The number of urea groups is 2. The predicted octanol–water partition coefficient (Wildman–Crippen LogP) is 4.41. The van der Waals surface area contributed by atoms with Gasteiger partial charge in [-0.3, -0.25) is 0 Å². The third-order valence-corrected chi connectivity index (χ3v) is 5.12. The van der Waals surface area contributed by atoms with Crippen molar-refractivity contribution in [3.05, 3.63) is 53.6 Å². The van der Waals surface area contributed by atoms with Gasteiger partial charge >= 0.3 is 12.1 Å². The van der Waals surface area contributed by atoms with Crippen LogP contribution in [0.3, 0.4) is 0 Å². The summed E-state index contributed by atoms with van der Waals surface area (Å²) in [5.74, 6) is 0.959. The molecule has 0 unspecified atom stereocenters. The molecule has 1 saturated heterocycles. The van der Waals surface area contributed by atoms with Crippen LogP contribution >= 0.6 is 11.6 Å². The zero-order valence-electron chi connectivity index (χ0n) is 16.3. The fraction of sp³-hybridized carbons (Fsp3) is 0.333. The number of carbonyl (C=O) groups excluding carboxylic acids is 2. The molecular formula is C21H25ClN4O3. The molecule has 1 aliphatic heterocycles. The van der Waals surface area contributed by atoms with E-state index in [9.17, 15) is 9.59 Å². The standard InChI is InChI=1S/C21H25ClN4O3/c1-29-19-8-3-2-7-18(19)25-21(28)26-11-9-15(10-12-26)14-23-20(27)24-17-6-4-5-16(22)13-17/h2-8,13,15H,9-12,14H2,1H3,(H,25,28)(H2,23,24,27). The number of hydrogen-bond donors (Lipinski definition) is 3. The number of nitrogens with zero attached hydrogens (tertiary/aromatic N) is 1. The highest BCUT2D eigenvalue weighted by atomic mass is 35.5. The van der Waals surface area contributed by atoms with E-state index in [0.29, 0.717) is 47.7 Å². The van der Waals surface area contributed by atoms with Gasteiger partial charge in [0, 0.05) is 30.3 Å². The normalized spacial score (nSPS) is 14.2. The van der Waals surface area contributed by atoms with Crippen molar-refractivity contribution in [3.63, 3.8) is 0 Å². The summed E-state index contributed by atoms with van der Waals surface area (Å²) >= 11 is 5.92. The van der Waals surface area contributed by atoms with Gasteiger partial charge in [-0.1, -0.05) is 29.8 Å². The number of halogens is 1. The first-order valence-electron chi connectivity index (χ1n) is 9.54. The first-order valence-corrected chi connectivity index (χ1v) is 9.92. The zero-order chi connectivity index (χ0) is 20.6. The van der Waals surface area contributed by atoms with Crippen molar-refractivity contribution in [1.29, 1.82) is 0 Å². The number of methoxy groups -OCH3 is 1. The lowest BCUT2D eigenvalue weighted by atomic mass is 9.97. The molecule has 0 atom stereocenters. The Morgan fingerprint density at radius 1 is 1.10 bits per heavy atom. The largest absolute Gasteiger partial charge is 0.495 e. The Morgan fingerprint density at radius 2 is 1.86 bits per heavy atom. The summed E-state index contributed by atoms with van der Waals surface area (Å²) < 4.78 is 5.27. The van der Waals surface area contributed by atoms with Crippen molar-refractivity contribution in [2.75, 3.05) is 37.4 Å². The van der Waals surface area contributed by atoms with Crippen molar-refractivity contribution < 1.29 is 14.3 Å². The number of piperidine rings is 1. The van der Waals surface area contributed by atoms with Crippen molar-refractivity contribution >= 4 is 35.0 Å². The first kappa shape index (κ1) is 20.8. The maximum Gasteiger partial charge on any atom is 0.321 e. The maximum absolute atomic E-state index is 12.5. The molecule has 3 rings (SSSR count). The lowest BCUT2D eigenvalue weighted by Crippen LogP contribution is -2.43. The summed E-state index contributed by atoms with van der Waals surface area (Å²) in [5.41, 5.74) is 1.30. The number of carbonyl (C=O) groups is 2. The maximum atomic E-state index is 12.5. The quantitative estimate of drug-likeness (QED) is 0.674. The highest BCUT2D eigenvalue weighted by Gasteiger charge is 2.23. The van der Waals surface area contributed by atoms with Gasteiger partial charge in [-0.2, -0.15) is 0 Å². The number of para-hydroxylation sites is 2. The second kappa shape index (κ2) is 10.0. The molecule has 0 spiro atoms. The molecule has 0 aromatic heterocycles. The minimum atomic E-state index is -0.261. The summed E-state index contributed by atoms with van der Waals surface area (Å²) in [4.78, 5) is 26.3. The fourth-order valence-corrected chi connectivity index (χ4v) is 3.45. The molecule has 0 aliphatic carbocycles. The molecule has 7 nitrogen and oxygen atoms in total. The molecule has 2 aromatic rings. The van der Waals surface area contributed by atoms with Gasteiger partial charge in [0.2, 0.25) is 0 Å². The number of amides is 4. The summed E-state index contributed by atoms with van der Waals surface area (Å²) in [6.07, 6.45) is 1.66. The van der Waals surface area contributed by atoms with E-state index in [0.717, 1.165) is 12.8 Å². The molecule has 1 fully saturated rings. The number of rotatable bonds is 5. The molecule has 1 aliphatic rings. The second-order valence-electron chi connectivity index (χ2n) is 6.91. The number of ether oxygens (including phenoxy) is 1. The lowest BCUT2D eigenvalue weighted by Gasteiger charge is -2.32. The third kappa shape index (κ3) is 6.02. The Hall–Kier alpha value is -2.93. The van der Waals surface area contributed by atoms with Crippen LogP contribution in [0.5, 0.6) is 5.75 Å². The van der Waals surface area contributed by atoms with Gasteiger partial charge in [-0.15, -0.1) is 0 Å². The molecule has 154 valence electrons. The van der Waals surface area contributed by atoms with E-state index in [1.165, 1.54) is 0 Å². The van der Waals surface area contributed by atoms with Crippen LogP contribution in [0.2, 0.25) is 5.02 Å². The van der Waals surface area contributed by atoms with Gasteiger partial charge in [0.1, 0.15) is 5.75 Å². The van der Waals surface area contributed by atoms with Crippen LogP contribution in [-0.2, 0) is 0 Å². The van der Waals surface area contributed by atoms with E-state index in [2.05, 4.69) is 16.0 Å². The Bertz CT molecular complexity index is 853. The van der Waals surface area contributed by atoms with Gasteiger partial charge in [0.15, 0.2) is 0 Å². The number of nitrogens with one attached hydrogen (secondary N) is 3. The molecule has 29 heavy (non-hydrogen) atoms. The number of hydrogen-bond acceptors (Lipinski definition) is 3. The van der Waals surface area contributed by atoms with Crippen LogP contribution in [0.15, 0.2) is 48.5 Å². The Morgan fingerprint density at radius 3 is 2.59 bits per heavy atom. The number of anilines is 2. The highest BCUT2D eigenvalue weighted by Crippen LogP contribution is 2.24. The van der Waals surface area contributed by atoms with Crippen LogP contribution in [0, 0.1) is 5.92 Å². The molecule has 3 N–H and O–H groups in total. The number of benzene rings is 2. The van der Waals surface area contributed by atoms with Crippen molar-refractivity contribution in [2.45, 2.75) is 12.8 Å². The van der Waals surface area contributed by atoms with E-state index < -0.39 is 0 Å². The topological polar surface area (TPSA) is 82.7 Å². The fourth-order valence-electron chi connectivity index (χ4n) is 3.26. The van der Waals surface area contributed by atoms with Gasteiger partial charge < -0.3 is 25.6 Å². The molecule has 4 amide bonds. The molecule has 0 bridgehead atoms. The molecule has 0 saturated carbocycles. The lowest BCUT2D eigenvalue weighted by molar-refractivity contribution is 0.181. The average molecular weight is 417 g/mol. The van der Waals surface area contributed by atoms with Crippen LogP contribution in [0.4, 0.5) is 21.0 Å². The van der Waals surface area contributed by atoms with Gasteiger partial charge in [0.05, 0.1) is 12.8 Å². The molecular weight excluding hydrogens is 392 g/mol. The minimum absolute atomic E-state index is 0.139. The van der Waals surface area contributed by atoms with E-state index in [1.54, 1.807) is 36.3 Å². The Labute approximate surface area is 175 Å². The smallest absolute Gasteiger partial charge is 0.321 e. The van der Waals surface area contributed by atoms with E-state index in [4.69, 9.17) is 16.3 Å². The summed E-state index contributed by atoms with van der Waals surface area (Å²) in [5, 5.41) is 9.13. The second-order valence-corrected chi connectivity index (χ2v) is 7.34. The first-order chi connectivity index (χ1) is 14.0. The van der Waals surface area contributed by atoms with Crippen molar-refractivity contribution in [3.8, 4) is 5.75 Å². The van der Waals surface area contributed by atoms with Gasteiger partial charge in [-0.25, -0.2) is 9.59 Å². The van der Waals surface area contributed by atoms with E-state index >= 15 is 0 Å². The summed E-state index contributed by atoms with van der Waals surface area (Å²) in [6, 6.07) is 13.9. The van der Waals surface area contributed by atoms with Crippen molar-refractivity contribution in [2.24, 2.45) is 5.92 Å². The average Bonchev–Trinajstić information content (AvgIpc) is 2.73. The zero-order valence-corrected chi connectivity index (χ0v) is 17.0. The number of likely N-dealkylation sites (tertiary alicyclic amines) is 1. The van der Waals surface area contributed by atoms with Crippen LogP contribution in [0.25, 0.3) is 0 Å². The summed E-state index contributed by atoms with van der Waals surface area (Å²) in [7, 11) is 1.58. The monoisotopic (exact) mass is 416 g/mol. The Kier molecular flexibility index (Phi) is 7.19. The van der Waals surface area contributed by atoms with E-state index in [1.807, 2.05) is 24.3 Å².